The quantitative estimate of drug-likeness (QED) is 0.381. The number of amides is 1. The predicted molar refractivity (Wildman–Crippen MR) is 125 cm³/mol. The second-order valence-corrected chi connectivity index (χ2v) is 9.00. The largest absolute Gasteiger partial charge is 0.477 e. The number of aromatic nitrogens is 4. The molecule has 2 aromatic heterocycles. The number of ether oxygens (including phenoxy) is 2. The van der Waals surface area contributed by atoms with Gasteiger partial charge < -0.3 is 30.3 Å². The highest BCUT2D eigenvalue weighted by molar-refractivity contribution is 7.99. The molecule has 0 bridgehead atoms. The molecule has 0 aromatic carbocycles. The molecule has 1 aliphatic carbocycles. The van der Waals surface area contributed by atoms with Gasteiger partial charge in [0.2, 0.25) is 24.1 Å². The zero-order valence-corrected chi connectivity index (χ0v) is 20.0. The Kier molecular flexibility index (Phi) is 7.03. The van der Waals surface area contributed by atoms with Crippen LogP contribution in [0.25, 0.3) is 0 Å². The van der Waals surface area contributed by atoms with Crippen LogP contribution in [0.5, 0.6) is 11.8 Å². The SMILES string of the molecule is CCOc1nc(N2CCN(C)CC2)nc(OCC)c1Sc1nc(N)cc(C2(NC=O)CC2)n1. The topological polar surface area (TPSA) is 132 Å². The van der Waals surface area contributed by atoms with Gasteiger partial charge in [-0.15, -0.1) is 0 Å². The summed E-state index contributed by atoms with van der Waals surface area (Å²) in [6.45, 7) is 8.21. The van der Waals surface area contributed by atoms with E-state index < -0.39 is 5.54 Å². The van der Waals surface area contributed by atoms with E-state index in [1.54, 1.807) is 6.07 Å². The first-order valence-corrected chi connectivity index (χ1v) is 11.9. The minimum atomic E-state index is -0.471. The van der Waals surface area contributed by atoms with Gasteiger partial charge in [-0.3, -0.25) is 4.79 Å². The van der Waals surface area contributed by atoms with Crippen molar-refractivity contribution in [1.29, 1.82) is 0 Å². The third-order valence-electron chi connectivity index (χ3n) is 5.63. The minimum absolute atomic E-state index is 0.326. The van der Waals surface area contributed by atoms with Crippen LogP contribution >= 0.6 is 11.8 Å². The maximum atomic E-state index is 11.1. The summed E-state index contributed by atoms with van der Waals surface area (Å²) in [6, 6.07) is 1.70. The van der Waals surface area contributed by atoms with Crippen LogP contribution in [-0.4, -0.2) is 77.7 Å². The lowest BCUT2D eigenvalue weighted by atomic mass is 10.2. The van der Waals surface area contributed by atoms with Crippen molar-refractivity contribution in [3.63, 3.8) is 0 Å². The van der Waals surface area contributed by atoms with Gasteiger partial charge in [-0.25, -0.2) is 9.97 Å². The molecule has 3 N–H and O–H groups in total. The van der Waals surface area contributed by atoms with Gasteiger partial charge in [0.25, 0.3) is 0 Å². The molecule has 0 radical (unpaired) electrons. The van der Waals surface area contributed by atoms with Gasteiger partial charge >= 0.3 is 0 Å². The number of carbonyl (C=O) groups excluding carboxylic acids is 1. The molecule has 11 nitrogen and oxygen atoms in total. The Morgan fingerprint density at radius 1 is 1.09 bits per heavy atom. The summed E-state index contributed by atoms with van der Waals surface area (Å²) in [4.78, 5) is 34.6. The number of nitrogen functional groups attached to an aromatic ring is 1. The molecule has 4 rings (SSSR count). The second kappa shape index (κ2) is 9.96. The Hall–Kier alpha value is -2.86. The van der Waals surface area contributed by atoms with E-state index in [-0.39, 0.29) is 0 Å². The molecule has 33 heavy (non-hydrogen) atoms. The van der Waals surface area contributed by atoms with E-state index in [4.69, 9.17) is 25.2 Å². The Bertz CT molecular complexity index is 968. The average molecular weight is 475 g/mol. The second-order valence-electron chi connectivity index (χ2n) is 8.03. The van der Waals surface area contributed by atoms with Crippen molar-refractivity contribution in [3.8, 4) is 11.8 Å². The van der Waals surface area contributed by atoms with E-state index in [0.717, 1.165) is 39.0 Å². The molecule has 0 spiro atoms. The lowest BCUT2D eigenvalue weighted by Crippen LogP contribution is -2.45. The monoisotopic (exact) mass is 474 g/mol. The molecule has 1 amide bonds. The maximum absolute atomic E-state index is 11.1. The summed E-state index contributed by atoms with van der Waals surface area (Å²) in [5.41, 5.74) is 6.29. The number of likely N-dealkylation sites (N-methyl/N-ethyl adjacent to an activating group) is 1. The first kappa shape index (κ1) is 23.3. The van der Waals surface area contributed by atoms with Crippen molar-refractivity contribution >= 4 is 29.9 Å². The molecule has 178 valence electrons. The highest BCUT2D eigenvalue weighted by atomic mass is 32.2. The van der Waals surface area contributed by atoms with Crippen LogP contribution in [0.3, 0.4) is 0 Å². The standard InChI is InChI=1S/C21H30N8O3S/c1-4-31-17-16(18(32-5-2)27-19(26-17)29-10-8-28(3)9-11-29)33-20-24-14(12-15(22)25-20)21(6-7-21)23-13-30/h12-13H,4-11H2,1-3H3,(H,23,30)(H2,22,24,25). The predicted octanol–water partition coefficient (Wildman–Crippen LogP) is 1.28. The van der Waals surface area contributed by atoms with Crippen LogP contribution in [0.2, 0.25) is 0 Å². The normalized spacial score (nSPS) is 17.5. The van der Waals surface area contributed by atoms with Crippen LogP contribution in [0.1, 0.15) is 32.4 Å². The van der Waals surface area contributed by atoms with E-state index in [1.807, 2.05) is 13.8 Å². The summed E-state index contributed by atoms with van der Waals surface area (Å²) in [5.74, 6) is 1.76. The Morgan fingerprint density at radius 2 is 1.73 bits per heavy atom. The molecule has 2 aromatic rings. The third kappa shape index (κ3) is 5.22. The number of anilines is 2. The molecule has 12 heteroatoms. The summed E-state index contributed by atoms with van der Waals surface area (Å²) in [6.07, 6.45) is 2.32. The molecular formula is C21H30N8O3S. The maximum Gasteiger partial charge on any atom is 0.236 e. The summed E-state index contributed by atoms with van der Waals surface area (Å²) in [5, 5.41) is 3.28. The van der Waals surface area contributed by atoms with Crippen molar-refractivity contribution in [3.05, 3.63) is 11.8 Å². The van der Waals surface area contributed by atoms with Gasteiger partial charge in [0.05, 0.1) is 24.4 Å². The Morgan fingerprint density at radius 3 is 2.27 bits per heavy atom. The summed E-state index contributed by atoms with van der Waals surface area (Å²) >= 11 is 1.25. The van der Waals surface area contributed by atoms with Crippen molar-refractivity contribution in [2.45, 2.75) is 42.3 Å². The molecule has 0 unspecified atom stereocenters. The van der Waals surface area contributed by atoms with Crippen LogP contribution in [-0.2, 0) is 10.3 Å². The number of nitrogens with two attached hydrogens (primary N) is 1. The fourth-order valence-electron chi connectivity index (χ4n) is 3.64. The third-order valence-corrected chi connectivity index (χ3v) is 6.55. The van der Waals surface area contributed by atoms with Crippen molar-refractivity contribution in [2.24, 2.45) is 0 Å². The van der Waals surface area contributed by atoms with Crippen LogP contribution in [0, 0.1) is 0 Å². The highest BCUT2D eigenvalue weighted by Crippen LogP contribution is 2.46. The van der Waals surface area contributed by atoms with Gasteiger partial charge in [0, 0.05) is 32.2 Å². The molecule has 1 saturated carbocycles. The van der Waals surface area contributed by atoms with E-state index in [2.05, 4.69) is 32.1 Å². The van der Waals surface area contributed by atoms with Crippen molar-refractivity contribution < 1.29 is 14.3 Å². The number of nitrogens with one attached hydrogen (secondary N) is 1. The molecule has 3 heterocycles. The van der Waals surface area contributed by atoms with Gasteiger partial charge in [-0.05, 0) is 45.5 Å². The minimum Gasteiger partial charge on any atom is -0.477 e. The smallest absolute Gasteiger partial charge is 0.236 e. The summed E-state index contributed by atoms with van der Waals surface area (Å²) < 4.78 is 11.8. The number of nitrogens with zero attached hydrogens (tertiary/aromatic N) is 6. The van der Waals surface area contributed by atoms with Crippen LogP contribution in [0.4, 0.5) is 11.8 Å². The Labute approximate surface area is 197 Å². The van der Waals surface area contributed by atoms with Crippen LogP contribution in [0.15, 0.2) is 16.1 Å². The lowest BCUT2D eigenvalue weighted by Gasteiger charge is -2.32. The van der Waals surface area contributed by atoms with Crippen LogP contribution < -0.4 is 25.4 Å². The van der Waals surface area contributed by atoms with Gasteiger partial charge in [-0.1, -0.05) is 0 Å². The first-order valence-electron chi connectivity index (χ1n) is 11.1. The first-order chi connectivity index (χ1) is 16.0. The number of rotatable bonds is 10. The van der Waals surface area contributed by atoms with E-state index in [9.17, 15) is 4.79 Å². The highest BCUT2D eigenvalue weighted by Gasteiger charge is 2.46. The molecule has 2 aliphatic rings. The van der Waals surface area contributed by atoms with E-state index in [1.165, 1.54) is 11.8 Å². The Balaban J connectivity index is 1.69. The molecular weight excluding hydrogens is 444 g/mol. The molecule has 0 atom stereocenters. The molecule has 1 saturated heterocycles. The van der Waals surface area contributed by atoms with Crippen molar-refractivity contribution in [1.82, 2.24) is 30.2 Å². The molecule has 1 aliphatic heterocycles. The lowest BCUT2D eigenvalue weighted by molar-refractivity contribution is -0.110. The zero-order chi connectivity index (χ0) is 23.4. The van der Waals surface area contributed by atoms with E-state index in [0.29, 0.717) is 58.9 Å². The summed E-state index contributed by atoms with van der Waals surface area (Å²) in [7, 11) is 2.10. The zero-order valence-electron chi connectivity index (χ0n) is 19.2. The fraction of sp³-hybridized carbons (Fsp3) is 0.571. The van der Waals surface area contributed by atoms with Crippen molar-refractivity contribution in [2.75, 3.05) is 57.1 Å². The number of hydrogen-bond donors (Lipinski definition) is 2. The van der Waals surface area contributed by atoms with Gasteiger partial charge in [0.15, 0.2) is 5.16 Å². The van der Waals surface area contributed by atoms with Gasteiger partial charge in [0.1, 0.15) is 10.7 Å². The van der Waals surface area contributed by atoms with E-state index >= 15 is 0 Å². The fourth-order valence-corrected chi connectivity index (χ4v) is 4.50. The van der Waals surface area contributed by atoms with Gasteiger partial charge in [-0.2, -0.15) is 9.97 Å². The average Bonchev–Trinajstić information content (AvgIpc) is 3.57. The molecule has 2 fully saturated rings. The number of carbonyl (C=O) groups is 1. The number of hydrogen-bond acceptors (Lipinski definition) is 11. The number of piperazine rings is 1.